The summed E-state index contributed by atoms with van der Waals surface area (Å²) in [5.74, 6) is 0.866. The van der Waals surface area contributed by atoms with Crippen molar-refractivity contribution in [1.29, 1.82) is 0 Å². The van der Waals surface area contributed by atoms with Crippen molar-refractivity contribution < 1.29 is 9.90 Å². The number of nitrogens with zero attached hydrogens (tertiary/aromatic N) is 1. The van der Waals surface area contributed by atoms with Crippen molar-refractivity contribution in [2.24, 2.45) is 11.8 Å². The first-order valence-electron chi connectivity index (χ1n) is 8.18. The molecule has 1 aromatic heterocycles. The van der Waals surface area contributed by atoms with Gasteiger partial charge in [0.1, 0.15) is 5.69 Å². The van der Waals surface area contributed by atoms with Crippen molar-refractivity contribution in [1.82, 2.24) is 9.88 Å². The van der Waals surface area contributed by atoms with E-state index < -0.39 is 0 Å². The van der Waals surface area contributed by atoms with Crippen LogP contribution < -0.4 is 0 Å². The summed E-state index contributed by atoms with van der Waals surface area (Å²) in [4.78, 5) is 17.8. The minimum Gasteiger partial charge on any atom is -0.396 e. The van der Waals surface area contributed by atoms with E-state index in [0.29, 0.717) is 22.6 Å². The van der Waals surface area contributed by atoms with Gasteiger partial charge in [-0.25, -0.2) is 0 Å². The first kappa shape index (κ1) is 16.3. The molecular weight excluding hydrogens is 312 g/mol. The third-order valence-corrected chi connectivity index (χ3v) is 5.28. The van der Waals surface area contributed by atoms with Crippen molar-refractivity contribution in [2.75, 3.05) is 19.7 Å². The minimum atomic E-state index is 0.0480. The molecule has 23 heavy (non-hydrogen) atoms. The van der Waals surface area contributed by atoms with Crippen LogP contribution in [0.1, 0.15) is 35.8 Å². The number of nitrogens with one attached hydrogen (secondary N) is 1. The van der Waals surface area contributed by atoms with E-state index in [0.717, 1.165) is 42.4 Å². The second-order valence-electron chi connectivity index (χ2n) is 6.66. The molecule has 1 aromatic carbocycles. The van der Waals surface area contributed by atoms with Crippen LogP contribution in [-0.2, 0) is 0 Å². The summed E-state index contributed by atoms with van der Waals surface area (Å²) in [5, 5.41) is 11.0. The van der Waals surface area contributed by atoms with Gasteiger partial charge in [0.15, 0.2) is 0 Å². The number of aryl methyl sites for hydroxylation is 1. The molecule has 2 heterocycles. The smallest absolute Gasteiger partial charge is 0.270 e. The molecule has 0 bridgehead atoms. The highest BCUT2D eigenvalue weighted by Gasteiger charge is 2.27. The third kappa shape index (κ3) is 3.24. The number of carbonyl (C=O) groups excluding carboxylic acids is 1. The van der Waals surface area contributed by atoms with E-state index in [-0.39, 0.29) is 12.5 Å². The Bertz CT molecular complexity index is 717. The highest BCUT2D eigenvalue weighted by atomic mass is 35.5. The number of hydrogen-bond donors (Lipinski definition) is 2. The molecule has 0 radical (unpaired) electrons. The monoisotopic (exact) mass is 334 g/mol. The van der Waals surface area contributed by atoms with E-state index in [9.17, 15) is 9.90 Å². The number of aliphatic hydroxyl groups is 1. The molecule has 2 N–H and O–H groups in total. The van der Waals surface area contributed by atoms with Crippen molar-refractivity contribution in [3.8, 4) is 0 Å². The van der Waals surface area contributed by atoms with Gasteiger partial charge in [-0.15, -0.1) is 0 Å². The molecule has 1 aliphatic rings. The summed E-state index contributed by atoms with van der Waals surface area (Å²) in [6.07, 6.45) is 1.91. The summed E-state index contributed by atoms with van der Waals surface area (Å²) >= 11 is 6.09. The molecular formula is C18H23ClN2O2. The Balaban J connectivity index is 1.75. The van der Waals surface area contributed by atoms with E-state index >= 15 is 0 Å². The van der Waals surface area contributed by atoms with Crippen molar-refractivity contribution in [2.45, 2.75) is 26.7 Å². The fraction of sp³-hybridized carbons (Fsp3) is 0.500. The molecule has 1 amide bonds. The molecule has 1 aliphatic heterocycles. The molecule has 1 unspecified atom stereocenters. The fourth-order valence-corrected chi connectivity index (χ4v) is 3.75. The highest BCUT2D eigenvalue weighted by molar-refractivity contribution is 6.31. The minimum absolute atomic E-state index is 0.0480. The number of fused-ring (bicyclic) bond motifs is 1. The Kier molecular flexibility index (Phi) is 4.64. The average Bonchev–Trinajstić information content (AvgIpc) is 2.98. The molecule has 2 aromatic rings. The quantitative estimate of drug-likeness (QED) is 0.900. The third-order valence-electron chi connectivity index (χ3n) is 5.06. The summed E-state index contributed by atoms with van der Waals surface area (Å²) < 4.78 is 0. The van der Waals surface area contributed by atoms with Gasteiger partial charge >= 0.3 is 0 Å². The van der Waals surface area contributed by atoms with Gasteiger partial charge in [-0.3, -0.25) is 4.79 Å². The fourth-order valence-electron chi connectivity index (χ4n) is 3.48. The number of benzene rings is 1. The lowest BCUT2D eigenvalue weighted by molar-refractivity contribution is 0.0628. The number of piperidine rings is 1. The molecule has 1 fully saturated rings. The number of aromatic nitrogens is 1. The Labute approximate surface area is 141 Å². The predicted octanol–water partition coefficient (Wildman–Crippen LogP) is 3.61. The molecule has 124 valence electrons. The van der Waals surface area contributed by atoms with Crippen LogP contribution in [0.2, 0.25) is 5.02 Å². The van der Waals surface area contributed by atoms with Crippen LogP contribution in [0, 0.1) is 18.8 Å². The molecule has 5 heteroatoms. The molecule has 3 rings (SSSR count). The van der Waals surface area contributed by atoms with Gasteiger partial charge in [-0.1, -0.05) is 18.5 Å². The van der Waals surface area contributed by atoms with Crippen molar-refractivity contribution >= 4 is 28.4 Å². The first-order chi connectivity index (χ1) is 11.0. The first-order valence-corrected chi connectivity index (χ1v) is 8.56. The molecule has 1 saturated heterocycles. The van der Waals surface area contributed by atoms with Crippen LogP contribution in [0.4, 0.5) is 0 Å². The highest BCUT2D eigenvalue weighted by Crippen LogP contribution is 2.27. The summed E-state index contributed by atoms with van der Waals surface area (Å²) in [7, 11) is 0. The maximum Gasteiger partial charge on any atom is 0.270 e. The molecule has 4 nitrogen and oxygen atoms in total. The van der Waals surface area contributed by atoms with E-state index in [2.05, 4.69) is 11.9 Å². The van der Waals surface area contributed by atoms with Crippen LogP contribution in [0.5, 0.6) is 0 Å². The van der Waals surface area contributed by atoms with Gasteiger partial charge in [0.2, 0.25) is 0 Å². The maximum atomic E-state index is 12.7. The zero-order chi connectivity index (χ0) is 16.6. The van der Waals surface area contributed by atoms with E-state index in [4.69, 9.17) is 11.6 Å². The van der Waals surface area contributed by atoms with Crippen LogP contribution in [0.3, 0.4) is 0 Å². The summed E-state index contributed by atoms with van der Waals surface area (Å²) in [5.41, 5.74) is 2.60. The lowest BCUT2D eigenvalue weighted by atomic mass is 9.86. The van der Waals surface area contributed by atoms with Crippen LogP contribution in [0.25, 0.3) is 10.9 Å². The molecule has 0 spiro atoms. The molecule has 0 aliphatic carbocycles. The standard InChI is InChI=1S/C18H23ClN2O2/c1-11-7-14(19)8-16-15(11)9-17(20-16)18(23)21-5-3-13(4-6-21)12(2)10-22/h7-9,12-13,20,22H,3-6,10H2,1-2H3. The number of H-pyrrole nitrogens is 1. The number of rotatable bonds is 3. The largest absolute Gasteiger partial charge is 0.396 e. The predicted molar refractivity (Wildman–Crippen MR) is 92.9 cm³/mol. The van der Waals surface area contributed by atoms with Crippen LogP contribution in [0.15, 0.2) is 18.2 Å². The van der Waals surface area contributed by atoms with Crippen LogP contribution >= 0.6 is 11.6 Å². The Morgan fingerprint density at radius 1 is 1.39 bits per heavy atom. The van der Waals surface area contributed by atoms with Gasteiger partial charge in [-0.05, 0) is 55.4 Å². The second kappa shape index (κ2) is 6.54. The number of carbonyl (C=O) groups is 1. The average molecular weight is 335 g/mol. The molecule has 1 atom stereocenters. The van der Waals surface area contributed by atoms with Gasteiger partial charge in [0, 0.05) is 35.6 Å². The van der Waals surface area contributed by atoms with Crippen molar-refractivity contribution in [3.63, 3.8) is 0 Å². The van der Waals surface area contributed by atoms with E-state index in [1.165, 1.54) is 0 Å². The SMILES string of the molecule is Cc1cc(Cl)cc2[nH]c(C(=O)N3CCC(C(C)CO)CC3)cc12. The second-order valence-corrected chi connectivity index (χ2v) is 7.09. The Morgan fingerprint density at radius 3 is 2.74 bits per heavy atom. The lowest BCUT2D eigenvalue weighted by Crippen LogP contribution is -2.40. The van der Waals surface area contributed by atoms with Gasteiger partial charge in [0.05, 0.1) is 0 Å². The summed E-state index contributed by atoms with van der Waals surface area (Å²) in [6.45, 7) is 5.80. The molecule has 0 saturated carbocycles. The zero-order valence-electron chi connectivity index (χ0n) is 13.6. The number of amides is 1. The number of likely N-dealkylation sites (tertiary alicyclic amines) is 1. The van der Waals surface area contributed by atoms with Gasteiger partial charge < -0.3 is 15.0 Å². The van der Waals surface area contributed by atoms with Gasteiger partial charge in [0.25, 0.3) is 5.91 Å². The van der Waals surface area contributed by atoms with E-state index in [1.54, 1.807) is 0 Å². The lowest BCUT2D eigenvalue weighted by Gasteiger charge is -2.34. The van der Waals surface area contributed by atoms with Gasteiger partial charge in [-0.2, -0.15) is 0 Å². The number of aliphatic hydroxyl groups excluding tert-OH is 1. The number of aromatic amines is 1. The maximum absolute atomic E-state index is 12.7. The summed E-state index contributed by atoms with van der Waals surface area (Å²) in [6, 6.07) is 5.69. The van der Waals surface area contributed by atoms with Crippen LogP contribution in [-0.4, -0.2) is 40.6 Å². The zero-order valence-corrected chi connectivity index (χ0v) is 14.4. The Morgan fingerprint density at radius 2 is 2.09 bits per heavy atom. The number of halogens is 1. The van der Waals surface area contributed by atoms with E-state index in [1.807, 2.05) is 30.0 Å². The van der Waals surface area contributed by atoms with Crippen molar-refractivity contribution in [3.05, 3.63) is 34.5 Å². The Hall–Kier alpha value is -1.52. The topological polar surface area (TPSA) is 56.3 Å². The normalized spacial score (nSPS) is 17.7. The number of hydrogen-bond acceptors (Lipinski definition) is 2.